The summed E-state index contributed by atoms with van der Waals surface area (Å²) in [7, 11) is -3.56. The van der Waals surface area contributed by atoms with E-state index in [1.54, 1.807) is 30.3 Å². The minimum absolute atomic E-state index is 0.157. The number of ether oxygens (including phenoxy) is 1. The summed E-state index contributed by atoms with van der Waals surface area (Å²) in [4.78, 5) is 8.61. The zero-order valence-corrected chi connectivity index (χ0v) is 20.0. The summed E-state index contributed by atoms with van der Waals surface area (Å²) in [5.74, 6) is 0.154. The fourth-order valence-corrected chi connectivity index (χ4v) is 5.87. The Morgan fingerprint density at radius 1 is 1.06 bits per heavy atom. The average molecular weight is 500 g/mol. The monoisotopic (exact) mass is 499 g/mol. The standard InChI is InChI=1S/C25H23ClFN3O3S/c1-2-18(11-12-28)34(31,32)19-6-3-5-16(13-19)33-17-9-10-23(27)21(14-17)24-20-7-4-8-22(26)25(20)30-15-29-24/h3-10,13-15,18H,2,11-12,28H2,1H3. The van der Waals surface area contributed by atoms with Gasteiger partial charge < -0.3 is 10.5 Å². The van der Waals surface area contributed by atoms with E-state index in [0.29, 0.717) is 46.0 Å². The van der Waals surface area contributed by atoms with Crippen LogP contribution >= 0.6 is 11.6 Å². The molecular formula is C25H23ClFN3O3S. The van der Waals surface area contributed by atoms with Crippen molar-refractivity contribution in [2.45, 2.75) is 29.9 Å². The Labute approximate surface area is 202 Å². The number of nitrogens with two attached hydrogens (primary N) is 1. The van der Waals surface area contributed by atoms with Gasteiger partial charge in [-0.1, -0.05) is 36.7 Å². The summed E-state index contributed by atoms with van der Waals surface area (Å²) >= 11 is 6.23. The number of sulfone groups is 1. The molecule has 3 aromatic carbocycles. The van der Waals surface area contributed by atoms with E-state index in [1.807, 2.05) is 6.92 Å². The molecule has 34 heavy (non-hydrogen) atoms. The predicted molar refractivity (Wildman–Crippen MR) is 131 cm³/mol. The quantitative estimate of drug-likeness (QED) is 0.330. The third-order valence-electron chi connectivity index (χ3n) is 5.56. The van der Waals surface area contributed by atoms with E-state index in [9.17, 15) is 12.8 Å². The maximum atomic E-state index is 14.8. The first-order valence-electron chi connectivity index (χ1n) is 10.8. The highest BCUT2D eigenvalue weighted by Gasteiger charge is 2.25. The maximum absolute atomic E-state index is 14.8. The zero-order valence-electron chi connectivity index (χ0n) is 18.4. The molecule has 9 heteroatoms. The van der Waals surface area contributed by atoms with Crippen molar-refractivity contribution in [2.75, 3.05) is 6.54 Å². The number of hydrogen-bond acceptors (Lipinski definition) is 6. The van der Waals surface area contributed by atoms with Crippen LogP contribution in [0.2, 0.25) is 5.02 Å². The van der Waals surface area contributed by atoms with Crippen molar-refractivity contribution >= 4 is 32.3 Å². The molecular weight excluding hydrogens is 477 g/mol. The molecule has 0 radical (unpaired) electrons. The van der Waals surface area contributed by atoms with E-state index in [2.05, 4.69) is 9.97 Å². The molecule has 0 aliphatic rings. The Bertz CT molecular complexity index is 1450. The Morgan fingerprint density at radius 2 is 1.82 bits per heavy atom. The minimum Gasteiger partial charge on any atom is -0.457 e. The second-order valence-corrected chi connectivity index (χ2v) is 10.4. The van der Waals surface area contributed by atoms with Gasteiger partial charge in [0.1, 0.15) is 23.6 Å². The molecule has 1 heterocycles. The van der Waals surface area contributed by atoms with Crippen LogP contribution in [0.5, 0.6) is 11.5 Å². The van der Waals surface area contributed by atoms with Gasteiger partial charge in [0.2, 0.25) is 0 Å². The van der Waals surface area contributed by atoms with Gasteiger partial charge in [-0.25, -0.2) is 22.8 Å². The number of aromatic nitrogens is 2. The molecule has 4 rings (SSSR count). The van der Waals surface area contributed by atoms with Crippen LogP contribution in [0.25, 0.3) is 22.2 Å². The lowest BCUT2D eigenvalue weighted by Crippen LogP contribution is -2.24. The molecule has 0 aliphatic heterocycles. The van der Waals surface area contributed by atoms with Gasteiger partial charge in [0, 0.05) is 10.9 Å². The van der Waals surface area contributed by atoms with Crippen LogP contribution in [0.3, 0.4) is 0 Å². The minimum atomic E-state index is -3.56. The van der Waals surface area contributed by atoms with Crippen LogP contribution in [0, 0.1) is 5.82 Å². The molecule has 0 spiro atoms. The Kier molecular flexibility index (Phi) is 7.11. The van der Waals surface area contributed by atoms with E-state index in [4.69, 9.17) is 22.1 Å². The first-order chi connectivity index (χ1) is 16.3. The van der Waals surface area contributed by atoms with Gasteiger partial charge in [0.15, 0.2) is 9.84 Å². The normalized spacial score (nSPS) is 12.6. The second-order valence-electron chi connectivity index (χ2n) is 7.73. The van der Waals surface area contributed by atoms with Crippen LogP contribution < -0.4 is 10.5 Å². The number of fused-ring (bicyclic) bond motifs is 1. The zero-order chi connectivity index (χ0) is 24.3. The molecule has 1 aromatic heterocycles. The highest BCUT2D eigenvalue weighted by atomic mass is 35.5. The van der Waals surface area contributed by atoms with Gasteiger partial charge in [-0.05, 0) is 61.9 Å². The molecule has 2 N–H and O–H groups in total. The van der Waals surface area contributed by atoms with Crippen molar-refractivity contribution < 1.29 is 17.5 Å². The van der Waals surface area contributed by atoms with Crippen molar-refractivity contribution in [1.29, 1.82) is 0 Å². The smallest absolute Gasteiger partial charge is 0.181 e. The van der Waals surface area contributed by atoms with Crippen molar-refractivity contribution in [3.63, 3.8) is 0 Å². The number of rotatable bonds is 8. The van der Waals surface area contributed by atoms with E-state index < -0.39 is 20.9 Å². The van der Waals surface area contributed by atoms with Gasteiger partial charge in [0.25, 0.3) is 0 Å². The molecule has 0 bridgehead atoms. The third kappa shape index (κ3) is 4.75. The Balaban J connectivity index is 1.70. The highest BCUT2D eigenvalue weighted by Crippen LogP contribution is 2.34. The number of nitrogens with zero attached hydrogens (tertiary/aromatic N) is 2. The molecule has 6 nitrogen and oxygen atoms in total. The third-order valence-corrected chi connectivity index (χ3v) is 8.22. The second kappa shape index (κ2) is 10.0. The Morgan fingerprint density at radius 3 is 2.59 bits per heavy atom. The van der Waals surface area contributed by atoms with Crippen LogP contribution in [0.4, 0.5) is 4.39 Å². The number of para-hydroxylation sites is 1. The summed E-state index contributed by atoms with van der Waals surface area (Å²) in [6.45, 7) is 2.11. The van der Waals surface area contributed by atoms with Gasteiger partial charge in [0.05, 0.1) is 26.4 Å². The van der Waals surface area contributed by atoms with Crippen molar-refractivity contribution in [3.8, 4) is 22.8 Å². The summed E-state index contributed by atoms with van der Waals surface area (Å²) in [6, 6.07) is 15.7. The van der Waals surface area contributed by atoms with E-state index in [1.165, 1.54) is 36.7 Å². The van der Waals surface area contributed by atoms with Crippen LogP contribution in [-0.4, -0.2) is 30.2 Å². The van der Waals surface area contributed by atoms with Gasteiger partial charge >= 0.3 is 0 Å². The molecule has 1 atom stereocenters. The number of benzene rings is 3. The van der Waals surface area contributed by atoms with Crippen LogP contribution in [0.15, 0.2) is 71.9 Å². The molecule has 0 amide bonds. The lowest BCUT2D eigenvalue weighted by Gasteiger charge is -2.16. The van der Waals surface area contributed by atoms with Crippen LogP contribution in [-0.2, 0) is 9.84 Å². The van der Waals surface area contributed by atoms with E-state index in [0.717, 1.165) is 0 Å². The van der Waals surface area contributed by atoms with E-state index in [-0.39, 0.29) is 17.0 Å². The molecule has 1 unspecified atom stereocenters. The molecule has 0 saturated heterocycles. The maximum Gasteiger partial charge on any atom is 0.181 e. The van der Waals surface area contributed by atoms with Crippen LogP contribution in [0.1, 0.15) is 19.8 Å². The summed E-state index contributed by atoms with van der Waals surface area (Å²) < 4.78 is 46.7. The first kappa shape index (κ1) is 24.1. The Hall–Kier alpha value is -3.07. The van der Waals surface area contributed by atoms with Gasteiger partial charge in [-0.2, -0.15) is 0 Å². The fourth-order valence-electron chi connectivity index (χ4n) is 3.82. The summed E-state index contributed by atoms with van der Waals surface area (Å²) in [6.07, 6.45) is 2.17. The summed E-state index contributed by atoms with van der Waals surface area (Å²) in [5, 5.41) is 0.472. The van der Waals surface area contributed by atoms with Crippen molar-refractivity contribution in [2.24, 2.45) is 5.73 Å². The molecule has 4 aromatic rings. The van der Waals surface area contributed by atoms with Crippen molar-refractivity contribution in [3.05, 3.63) is 77.8 Å². The van der Waals surface area contributed by atoms with Gasteiger partial charge in [-0.3, -0.25) is 0 Å². The largest absolute Gasteiger partial charge is 0.457 e. The van der Waals surface area contributed by atoms with Crippen molar-refractivity contribution in [1.82, 2.24) is 9.97 Å². The predicted octanol–water partition coefficient (Wildman–Crippen LogP) is 5.78. The molecule has 0 saturated carbocycles. The topological polar surface area (TPSA) is 95.2 Å². The lowest BCUT2D eigenvalue weighted by atomic mass is 10.1. The highest BCUT2D eigenvalue weighted by molar-refractivity contribution is 7.92. The SMILES string of the molecule is CCC(CCN)S(=O)(=O)c1cccc(Oc2ccc(F)c(-c3ncnc4c(Cl)cccc34)c2)c1. The first-order valence-corrected chi connectivity index (χ1v) is 12.7. The number of halogens is 2. The molecule has 176 valence electrons. The average Bonchev–Trinajstić information content (AvgIpc) is 2.84. The lowest BCUT2D eigenvalue weighted by molar-refractivity contribution is 0.479. The molecule has 0 aliphatic carbocycles. The summed E-state index contributed by atoms with van der Waals surface area (Å²) in [5.41, 5.74) is 6.69. The number of hydrogen-bond donors (Lipinski definition) is 1. The molecule has 0 fully saturated rings. The fraction of sp³-hybridized carbons (Fsp3) is 0.200. The van der Waals surface area contributed by atoms with Gasteiger partial charge in [-0.15, -0.1) is 0 Å². The van der Waals surface area contributed by atoms with E-state index >= 15 is 0 Å².